The summed E-state index contributed by atoms with van der Waals surface area (Å²) in [5.41, 5.74) is -0.0828. The van der Waals surface area contributed by atoms with E-state index < -0.39 is 85.5 Å². The molecule has 4 saturated carbocycles. The maximum atomic E-state index is 12.2. The highest BCUT2D eigenvalue weighted by molar-refractivity contribution is 5.73. The molecule has 14 nitrogen and oxygen atoms in total. The van der Waals surface area contributed by atoms with Crippen molar-refractivity contribution in [2.45, 2.75) is 187 Å². The summed E-state index contributed by atoms with van der Waals surface area (Å²) in [7, 11) is 0. The van der Waals surface area contributed by atoms with E-state index in [4.69, 9.17) is 18.9 Å². The van der Waals surface area contributed by atoms with E-state index in [1.54, 1.807) is 0 Å². The first kappa shape index (κ1) is 43.8. The molecule has 57 heavy (non-hydrogen) atoms. The first-order chi connectivity index (χ1) is 26.4. The molecule has 0 aromatic rings. The number of allylic oxidation sites excluding steroid dienone is 2. The van der Waals surface area contributed by atoms with Gasteiger partial charge in [-0.2, -0.15) is 0 Å². The van der Waals surface area contributed by atoms with Gasteiger partial charge in [-0.1, -0.05) is 67.0 Å². The van der Waals surface area contributed by atoms with E-state index in [1.165, 1.54) is 5.57 Å². The van der Waals surface area contributed by atoms with Crippen LogP contribution in [-0.4, -0.2) is 139 Å². The van der Waals surface area contributed by atoms with Crippen molar-refractivity contribution in [3.05, 3.63) is 11.6 Å². The zero-order valence-corrected chi connectivity index (χ0v) is 35.0. The summed E-state index contributed by atoms with van der Waals surface area (Å²) in [6.07, 6.45) is -8.41. The molecule has 2 heterocycles. The quantitative estimate of drug-likeness (QED) is 0.133. The largest absolute Gasteiger partial charge is 0.479 e. The topological polar surface area (TPSA) is 236 Å². The van der Waals surface area contributed by atoms with Crippen LogP contribution in [0.5, 0.6) is 0 Å². The second-order valence-corrected chi connectivity index (χ2v) is 21.4. The van der Waals surface area contributed by atoms with Gasteiger partial charge < -0.3 is 64.9 Å². The minimum Gasteiger partial charge on any atom is -0.479 e. The molecule has 5 aliphatic carbocycles. The highest BCUT2D eigenvalue weighted by Crippen LogP contribution is 2.78. The third kappa shape index (κ3) is 6.19. The van der Waals surface area contributed by atoms with Crippen molar-refractivity contribution < 1.29 is 69.7 Å². The molecule has 7 rings (SSSR count). The number of rotatable bonds is 7. The van der Waals surface area contributed by atoms with Crippen LogP contribution in [0.4, 0.5) is 0 Å². The summed E-state index contributed by atoms with van der Waals surface area (Å²) in [5, 5.41) is 96.3. The lowest BCUT2D eigenvalue weighted by molar-refractivity contribution is -0.375. The van der Waals surface area contributed by atoms with Crippen LogP contribution in [0.15, 0.2) is 11.6 Å². The minimum atomic E-state index is -1.97. The number of carbonyl (C=O) groups is 1. The lowest BCUT2D eigenvalue weighted by Gasteiger charge is -2.74. The Hall–Kier alpha value is -1.27. The van der Waals surface area contributed by atoms with Crippen LogP contribution in [0, 0.1) is 49.7 Å². The molecule has 326 valence electrons. The van der Waals surface area contributed by atoms with Gasteiger partial charge in [0, 0.05) is 10.8 Å². The van der Waals surface area contributed by atoms with Crippen LogP contribution in [0.2, 0.25) is 0 Å². The summed E-state index contributed by atoms with van der Waals surface area (Å²) in [6, 6.07) is 0. The van der Waals surface area contributed by atoms with Gasteiger partial charge in [-0.15, -0.1) is 0 Å². The molecule has 0 unspecified atom stereocenters. The molecule has 6 fully saturated rings. The van der Waals surface area contributed by atoms with Crippen molar-refractivity contribution in [2.75, 3.05) is 13.2 Å². The summed E-state index contributed by atoms with van der Waals surface area (Å²) in [6.45, 7) is 17.6. The molecular formula is C43H70O14. The summed E-state index contributed by atoms with van der Waals surface area (Å²) in [4.78, 5) is 12.2. The van der Waals surface area contributed by atoms with E-state index in [-0.39, 0.29) is 57.0 Å². The first-order valence-corrected chi connectivity index (χ1v) is 21.2. The van der Waals surface area contributed by atoms with Gasteiger partial charge in [-0.3, -0.25) is 0 Å². The number of hydrogen-bond acceptors (Lipinski definition) is 13. The maximum Gasteiger partial charge on any atom is 0.335 e. The van der Waals surface area contributed by atoms with E-state index in [0.717, 1.165) is 51.4 Å². The number of aliphatic hydroxyl groups excluding tert-OH is 8. The Morgan fingerprint density at radius 2 is 1.42 bits per heavy atom. The van der Waals surface area contributed by atoms with Crippen molar-refractivity contribution in [3.8, 4) is 0 Å². The van der Waals surface area contributed by atoms with Crippen molar-refractivity contribution in [2.24, 2.45) is 49.7 Å². The van der Waals surface area contributed by atoms with Gasteiger partial charge in [0.1, 0.15) is 42.7 Å². The molecule has 0 amide bonds. The molecule has 0 aromatic carbocycles. The van der Waals surface area contributed by atoms with Crippen molar-refractivity contribution in [3.63, 3.8) is 0 Å². The summed E-state index contributed by atoms with van der Waals surface area (Å²) in [5.74, 6) is -1.29. The monoisotopic (exact) mass is 810 g/mol. The predicted octanol–water partition coefficient (Wildman–Crippen LogP) is 2.24. The average molecular weight is 811 g/mol. The number of carboxylic acid groups (broad SMARTS) is 1. The SMILES string of the molecule is CC1(C)C[C@H](O)[C@]2(C)CC[C@]3(C)C(=CC[C@H]4[C@@]5(C)CC[C@H](O[C@H]6O[C@@H](C(=O)O)[C@H](O)[C@@H](O)[C@@H]6O[C@H]6O[C@@H](CO)[C@H](O)[C@@H](O)[C@@H]6O)[C@@](C)(CO)[C@@H]5CC[C@@]43C)[C@]2(C)C1. The fourth-order valence-corrected chi connectivity index (χ4v) is 14.5. The smallest absolute Gasteiger partial charge is 0.335 e. The summed E-state index contributed by atoms with van der Waals surface area (Å²) < 4.78 is 23.9. The molecular weight excluding hydrogens is 740 g/mol. The zero-order chi connectivity index (χ0) is 42.1. The number of carboxylic acids is 1. The normalized spacial score (nSPS) is 56.0. The van der Waals surface area contributed by atoms with Gasteiger partial charge in [0.15, 0.2) is 18.7 Å². The van der Waals surface area contributed by atoms with Crippen LogP contribution in [0.1, 0.15) is 113 Å². The highest BCUT2D eigenvalue weighted by atomic mass is 16.8. The average Bonchev–Trinajstić information content (AvgIpc) is 3.13. The van der Waals surface area contributed by atoms with Gasteiger partial charge in [0.25, 0.3) is 0 Å². The number of ether oxygens (including phenoxy) is 4. The standard InChI is InChI=1S/C43H70O14/c1-37(2)17-25(46)42(7)16-15-41(6)24(43(42,8)19-37)10-9-23-38(3)13-12-26(39(4,20-45)22(38)11-14-40(23,41)5)55-36-33(30(50)29(49)32(56-36)34(52)53)57-35-31(51)28(48)27(47)21(18-44)54-35/h10,21-23,25-33,35-36,44-51H,9,11-20H2,1-8H3,(H,52,53)/t21-,22+,23-,25-,26-,27-,28+,29+,30+,31-,32+,33-,35+,36-,38-,39-,40-,41+,42-,43-/m0/s1. The molecule has 0 aromatic heterocycles. The van der Waals surface area contributed by atoms with Gasteiger partial charge in [0.2, 0.25) is 0 Å². The number of hydrogen-bond donors (Lipinski definition) is 9. The Labute approximate surface area is 336 Å². The molecule has 0 spiro atoms. The van der Waals surface area contributed by atoms with E-state index in [1.807, 2.05) is 6.92 Å². The van der Waals surface area contributed by atoms with Crippen LogP contribution in [-0.2, 0) is 23.7 Å². The van der Waals surface area contributed by atoms with Crippen LogP contribution in [0.3, 0.4) is 0 Å². The fourth-order valence-electron chi connectivity index (χ4n) is 14.5. The van der Waals surface area contributed by atoms with Gasteiger partial charge in [-0.05, 0) is 96.7 Å². The number of fused-ring (bicyclic) bond motifs is 7. The van der Waals surface area contributed by atoms with Gasteiger partial charge in [-0.25, -0.2) is 4.79 Å². The van der Waals surface area contributed by atoms with Crippen LogP contribution < -0.4 is 0 Å². The number of aliphatic hydroxyl groups is 8. The van der Waals surface area contributed by atoms with Crippen LogP contribution in [0.25, 0.3) is 0 Å². The van der Waals surface area contributed by atoms with Crippen molar-refractivity contribution in [1.29, 1.82) is 0 Å². The molecule has 20 atom stereocenters. The molecule has 14 heteroatoms. The maximum absolute atomic E-state index is 12.2. The Kier molecular flexibility index (Phi) is 11.1. The zero-order valence-electron chi connectivity index (χ0n) is 35.0. The number of aliphatic carboxylic acids is 1. The third-order valence-corrected chi connectivity index (χ3v) is 18.1. The third-order valence-electron chi connectivity index (χ3n) is 18.1. The Bertz CT molecular complexity index is 1570. The summed E-state index contributed by atoms with van der Waals surface area (Å²) >= 11 is 0. The molecule has 2 saturated heterocycles. The van der Waals surface area contributed by atoms with E-state index >= 15 is 0 Å². The Morgan fingerprint density at radius 1 is 0.737 bits per heavy atom. The second-order valence-electron chi connectivity index (χ2n) is 21.4. The lowest BCUT2D eigenvalue weighted by atomic mass is 9.31. The lowest BCUT2D eigenvalue weighted by Crippen LogP contribution is -2.69. The van der Waals surface area contributed by atoms with Gasteiger partial charge >= 0.3 is 5.97 Å². The predicted molar refractivity (Wildman–Crippen MR) is 204 cm³/mol. The molecule has 0 bridgehead atoms. The highest BCUT2D eigenvalue weighted by Gasteiger charge is 2.72. The van der Waals surface area contributed by atoms with E-state index in [2.05, 4.69) is 54.5 Å². The van der Waals surface area contributed by atoms with Crippen LogP contribution >= 0.6 is 0 Å². The van der Waals surface area contributed by atoms with Crippen molar-refractivity contribution >= 4 is 5.97 Å². The molecule has 2 aliphatic heterocycles. The Balaban J connectivity index is 1.18. The van der Waals surface area contributed by atoms with Gasteiger partial charge in [0.05, 0.1) is 25.4 Å². The van der Waals surface area contributed by atoms with E-state index in [0.29, 0.717) is 6.42 Å². The minimum absolute atomic E-state index is 0.00895. The fraction of sp³-hybridized carbons (Fsp3) is 0.930. The molecule has 0 radical (unpaired) electrons. The van der Waals surface area contributed by atoms with E-state index in [9.17, 15) is 50.8 Å². The first-order valence-electron chi connectivity index (χ1n) is 21.2. The second kappa shape index (κ2) is 14.4. The van der Waals surface area contributed by atoms with Crippen molar-refractivity contribution in [1.82, 2.24) is 0 Å². The molecule has 9 N–H and O–H groups in total. The molecule has 7 aliphatic rings. The Morgan fingerprint density at radius 3 is 2.05 bits per heavy atom.